The zero-order valence-corrected chi connectivity index (χ0v) is 19.2. The van der Waals surface area contributed by atoms with E-state index in [0.29, 0.717) is 10.4 Å². The Balaban J connectivity index is 0.00000320. The molecule has 0 unspecified atom stereocenters. The van der Waals surface area contributed by atoms with Crippen molar-refractivity contribution in [3.05, 3.63) is 57.8 Å². The third-order valence-electron chi connectivity index (χ3n) is 5.07. The van der Waals surface area contributed by atoms with Gasteiger partial charge in [0.15, 0.2) is 0 Å². The average Bonchev–Trinajstić information content (AvgIpc) is 2.73. The van der Waals surface area contributed by atoms with Gasteiger partial charge in [0, 0.05) is 17.5 Å². The number of anilines is 1. The Morgan fingerprint density at radius 3 is 2.60 bits per heavy atom. The Hall–Kier alpha value is -2.08. The molecule has 0 bridgehead atoms. The molecule has 0 spiro atoms. The van der Waals surface area contributed by atoms with Gasteiger partial charge in [0.1, 0.15) is 0 Å². The molecule has 2 aromatic carbocycles. The first-order valence-corrected chi connectivity index (χ1v) is 10.7. The number of aromatic amines is 1. The van der Waals surface area contributed by atoms with Crippen LogP contribution in [0.5, 0.6) is 0 Å². The van der Waals surface area contributed by atoms with Gasteiger partial charge in [-0.1, -0.05) is 49.2 Å². The Kier molecular flexibility index (Phi) is 9.63. The third-order valence-corrected chi connectivity index (χ3v) is 5.40. The van der Waals surface area contributed by atoms with Gasteiger partial charge in [-0.2, -0.15) is 5.10 Å². The van der Waals surface area contributed by atoms with Crippen LogP contribution in [-0.4, -0.2) is 41.8 Å². The fourth-order valence-electron chi connectivity index (χ4n) is 3.54. The molecule has 7 heteroatoms. The number of nitrogens with one attached hydrogen (secondary N) is 2. The van der Waals surface area contributed by atoms with Crippen LogP contribution in [0.4, 0.5) is 5.69 Å². The summed E-state index contributed by atoms with van der Waals surface area (Å²) >= 11 is 6.40. The maximum atomic E-state index is 12.0. The first-order chi connectivity index (χ1) is 14.1. The highest BCUT2D eigenvalue weighted by Gasteiger charge is 2.10. The van der Waals surface area contributed by atoms with Crippen molar-refractivity contribution < 1.29 is 0 Å². The van der Waals surface area contributed by atoms with Crippen LogP contribution in [0.1, 0.15) is 32.6 Å². The largest absolute Gasteiger partial charge is 0.384 e. The molecule has 30 heavy (non-hydrogen) atoms. The SMILES string of the molecule is CCCN(C)CCCCCNc1cc(-c2n[nH]c(=O)c3ccccc23)ccc1Cl.Cl. The molecule has 0 amide bonds. The minimum Gasteiger partial charge on any atom is -0.384 e. The highest BCUT2D eigenvalue weighted by atomic mass is 35.5. The molecule has 0 radical (unpaired) electrons. The number of halogens is 2. The predicted molar refractivity (Wildman–Crippen MR) is 130 cm³/mol. The molecule has 0 aliphatic carbocycles. The van der Waals surface area contributed by atoms with Crippen LogP contribution in [-0.2, 0) is 0 Å². The van der Waals surface area contributed by atoms with Crippen LogP contribution in [0.3, 0.4) is 0 Å². The molecule has 2 N–H and O–H groups in total. The lowest BCUT2D eigenvalue weighted by Gasteiger charge is -2.15. The van der Waals surface area contributed by atoms with E-state index in [-0.39, 0.29) is 18.0 Å². The van der Waals surface area contributed by atoms with Gasteiger partial charge < -0.3 is 10.2 Å². The normalized spacial score (nSPS) is 10.9. The highest BCUT2D eigenvalue weighted by molar-refractivity contribution is 6.33. The lowest BCUT2D eigenvalue weighted by molar-refractivity contribution is 0.326. The molecule has 0 saturated heterocycles. The summed E-state index contributed by atoms with van der Waals surface area (Å²) in [5.41, 5.74) is 2.38. The van der Waals surface area contributed by atoms with Crippen LogP contribution in [0.25, 0.3) is 22.0 Å². The summed E-state index contributed by atoms with van der Waals surface area (Å²) < 4.78 is 0. The summed E-state index contributed by atoms with van der Waals surface area (Å²) in [5.74, 6) is 0. The molecule has 3 rings (SSSR count). The van der Waals surface area contributed by atoms with Gasteiger partial charge in [0.05, 0.1) is 21.8 Å². The van der Waals surface area contributed by atoms with E-state index in [4.69, 9.17) is 11.6 Å². The first kappa shape index (κ1) is 24.2. The number of H-pyrrole nitrogens is 1. The predicted octanol–water partition coefficient (Wildman–Crippen LogP) is 5.59. The number of fused-ring (bicyclic) bond motifs is 1. The summed E-state index contributed by atoms with van der Waals surface area (Å²) in [6.45, 7) is 5.40. The minimum atomic E-state index is -0.179. The summed E-state index contributed by atoms with van der Waals surface area (Å²) in [6, 6.07) is 13.3. The number of hydrogen-bond acceptors (Lipinski definition) is 4. The van der Waals surface area contributed by atoms with E-state index in [9.17, 15) is 4.79 Å². The van der Waals surface area contributed by atoms with Crippen LogP contribution < -0.4 is 10.9 Å². The number of nitrogens with zero attached hydrogens (tertiary/aromatic N) is 2. The van der Waals surface area contributed by atoms with Crippen molar-refractivity contribution in [2.75, 3.05) is 32.0 Å². The average molecular weight is 449 g/mol. The van der Waals surface area contributed by atoms with Gasteiger partial charge in [-0.25, -0.2) is 5.10 Å². The van der Waals surface area contributed by atoms with E-state index >= 15 is 0 Å². The van der Waals surface area contributed by atoms with E-state index in [1.807, 2.05) is 42.5 Å². The molecule has 0 aliphatic rings. The molecule has 1 heterocycles. The van der Waals surface area contributed by atoms with Crippen LogP contribution >= 0.6 is 24.0 Å². The number of benzene rings is 2. The Bertz CT molecular complexity index is 1010. The second kappa shape index (κ2) is 11.9. The van der Waals surface area contributed by atoms with Crippen molar-refractivity contribution >= 4 is 40.5 Å². The molecule has 0 atom stereocenters. The van der Waals surface area contributed by atoms with Gasteiger partial charge in [-0.15, -0.1) is 12.4 Å². The molecular weight excluding hydrogens is 419 g/mol. The number of hydrogen-bond donors (Lipinski definition) is 2. The Labute approximate surface area is 189 Å². The number of unbranched alkanes of at least 4 members (excludes halogenated alkanes) is 2. The molecule has 3 aromatic rings. The monoisotopic (exact) mass is 448 g/mol. The van der Waals surface area contributed by atoms with Gasteiger partial charge >= 0.3 is 0 Å². The van der Waals surface area contributed by atoms with Crippen LogP contribution in [0.2, 0.25) is 5.02 Å². The highest BCUT2D eigenvalue weighted by Crippen LogP contribution is 2.30. The van der Waals surface area contributed by atoms with Gasteiger partial charge in [0.2, 0.25) is 0 Å². The maximum Gasteiger partial charge on any atom is 0.272 e. The molecule has 1 aromatic heterocycles. The fourth-order valence-corrected chi connectivity index (χ4v) is 3.73. The summed E-state index contributed by atoms with van der Waals surface area (Å²) in [4.78, 5) is 14.4. The van der Waals surface area contributed by atoms with E-state index in [1.165, 1.54) is 19.3 Å². The molecular formula is C23H30Cl2N4O. The van der Waals surface area contributed by atoms with E-state index in [1.54, 1.807) is 0 Å². The van der Waals surface area contributed by atoms with Crippen molar-refractivity contribution in [3.8, 4) is 11.3 Å². The van der Waals surface area contributed by atoms with Crippen molar-refractivity contribution in [2.45, 2.75) is 32.6 Å². The van der Waals surface area contributed by atoms with E-state index < -0.39 is 0 Å². The van der Waals surface area contributed by atoms with E-state index in [2.05, 4.69) is 34.4 Å². The molecule has 0 saturated carbocycles. The molecule has 5 nitrogen and oxygen atoms in total. The standard InChI is InChI=1S/C23H29ClN4O.ClH/c1-3-14-28(2)15-8-4-7-13-25-21-16-17(11-12-20(21)24)22-18-9-5-6-10-19(18)23(29)27-26-22;/h5-6,9-12,16,25H,3-4,7-8,13-15H2,1-2H3,(H,27,29);1H. The smallest absolute Gasteiger partial charge is 0.272 e. The zero-order valence-electron chi connectivity index (χ0n) is 17.6. The quantitative estimate of drug-likeness (QED) is 0.396. The van der Waals surface area contributed by atoms with Crippen molar-refractivity contribution in [1.29, 1.82) is 0 Å². The van der Waals surface area contributed by atoms with Crippen LogP contribution in [0.15, 0.2) is 47.3 Å². The van der Waals surface area contributed by atoms with Crippen molar-refractivity contribution in [1.82, 2.24) is 15.1 Å². The lowest BCUT2D eigenvalue weighted by Crippen LogP contribution is -2.20. The summed E-state index contributed by atoms with van der Waals surface area (Å²) in [7, 11) is 2.18. The second-order valence-corrected chi connectivity index (χ2v) is 7.84. The fraction of sp³-hybridized carbons (Fsp3) is 0.391. The van der Waals surface area contributed by atoms with Gasteiger partial charge in [-0.05, 0) is 57.6 Å². The topological polar surface area (TPSA) is 61.0 Å². The maximum absolute atomic E-state index is 12.0. The second-order valence-electron chi connectivity index (χ2n) is 7.43. The van der Waals surface area contributed by atoms with Crippen molar-refractivity contribution in [3.63, 3.8) is 0 Å². The molecule has 162 valence electrons. The lowest BCUT2D eigenvalue weighted by atomic mass is 10.0. The van der Waals surface area contributed by atoms with Crippen molar-refractivity contribution in [2.24, 2.45) is 0 Å². The zero-order chi connectivity index (χ0) is 20.6. The third kappa shape index (κ3) is 6.21. The molecule has 0 aliphatic heterocycles. The molecule has 0 fully saturated rings. The minimum absolute atomic E-state index is 0. The van der Waals surface area contributed by atoms with Crippen LogP contribution in [0, 0.1) is 0 Å². The van der Waals surface area contributed by atoms with Gasteiger partial charge in [0.25, 0.3) is 5.56 Å². The Morgan fingerprint density at radius 2 is 1.83 bits per heavy atom. The first-order valence-electron chi connectivity index (χ1n) is 10.3. The number of rotatable bonds is 10. The summed E-state index contributed by atoms with van der Waals surface area (Å²) in [6.07, 6.45) is 4.69. The summed E-state index contributed by atoms with van der Waals surface area (Å²) in [5, 5.41) is 12.5. The number of aromatic nitrogens is 2. The van der Waals surface area contributed by atoms with Gasteiger partial charge in [-0.3, -0.25) is 4.79 Å². The van der Waals surface area contributed by atoms with E-state index in [0.717, 1.165) is 48.4 Å². The Morgan fingerprint density at radius 1 is 1.07 bits per heavy atom.